The first-order chi connectivity index (χ1) is 7.39. The van der Waals surface area contributed by atoms with Crippen LogP contribution in [0.5, 0.6) is 0 Å². The van der Waals surface area contributed by atoms with E-state index in [0.29, 0.717) is 13.1 Å². The number of thiazole rings is 1. The molecule has 0 radical (unpaired) electrons. The minimum atomic E-state index is -0.771. The van der Waals surface area contributed by atoms with Gasteiger partial charge in [0.25, 0.3) is 0 Å². The van der Waals surface area contributed by atoms with Gasteiger partial charge in [-0.05, 0) is 0 Å². The lowest BCUT2D eigenvalue weighted by Gasteiger charge is -2.13. The minimum Gasteiger partial charge on any atom is -0.481 e. The van der Waals surface area contributed by atoms with Crippen molar-refractivity contribution in [1.29, 1.82) is 0 Å². The highest BCUT2D eigenvalue weighted by Crippen LogP contribution is 2.26. The summed E-state index contributed by atoms with van der Waals surface area (Å²) in [5.41, 5.74) is 0.0873. The Hall–Kier alpha value is -0.940. The summed E-state index contributed by atoms with van der Waals surface area (Å²) in [5, 5.41) is 12.7. The molecule has 1 heterocycles. The maximum absolute atomic E-state index is 10.3. The molecule has 0 unspecified atom stereocenters. The topological polar surface area (TPSA) is 62.2 Å². The highest BCUT2D eigenvalue weighted by Gasteiger charge is 2.17. The summed E-state index contributed by atoms with van der Waals surface area (Å²) in [6, 6.07) is 0. The normalized spacial score (nSPS) is 11.7. The molecular formula is C11H18N2O2S. The molecule has 0 amide bonds. The zero-order valence-electron chi connectivity index (χ0n) is 9.91. The van der Waals surface area contributed by atoms with Crippen LogP contribution in [-0.2, 0) is 16.8 Å². The highest BCUT2D eigenvalue weighted by atomic mass is 32.1. The molecule has 0 atom stereocenters. The number of hydrogen-bond acceptors (Lipinski definition) is 4. The Morgan fingerprint density at radius 3 is 2.75 bits per heavy atom. The molecule has 0 bridgehead atoms. The lowest BCUT2D eigenvalue weighted by Crippen LogP contribution is -2.16. The molecule has 5 heteroatoms. The van der Waals surface area contributed by atoms with Crippen LogP contribution in [0.2, 0.25) is 0 Å². The van der Waals surface area contributed by atoms with Crippen LogP contribution in [-0.4, -0.2) is 22.6 Å². The Morgan fingerprint density at radius 1 is 1.56 bits per heavy atom. The molecule has 0 saturated carbocycles. The third-order valence-corrected chi connectivity index (χ3v) is 3.43. The number of aliphatic carboxylic acids is 1. The van der Waals surface area contributed by atoms with Crippen LogP contribution in [0.3, 0.4) is 0 Å². The maximum atomic E-state index is 10.3. The van der Waals surface area contributed by atoms with E-state index in [4.69, 9.17) is 5.11 Å². The zero-order chi connectivity index (χ0) is 12.2. The number of carbonyl (C=O) groups is 1. The van der Waals surface area contributed by atoms with Crippen molar-refractivity contribution in [3.8, 4) is 0 Å². The summed E-state index contributed by atoms with van der Waals surface area (Å²) in [6.45, 7) is 7.59. The summed E-state index contributed by atoms with van der Waals surface area (Å²) in [5.74, 6) is -0.771. The van der Waals surface area contributed by atoms with Gasteiger partial charge in [-0.25, -0.2) is 4.98 Å². The quantitative estimate of drug-likeness (QED) is 0.775. The lowest BCUT2D eigenvalue weighted by molar-refractivity contribution is -0.136. The molecule has 1 aromatic rings. The fourth-order valence-corrected chi connectivity index (χ4v) is 2.08. The van der Waals surface area contributed by atoms with Gasteiger partial charge in [0.2, 0.25) is 0 Å². The van der Waals surface area contributed by atoms with Crippen LogP contribution in [0.25, 0.3) is 0 Å². The number of nitrogens with zero attached hydrogens (tertiary/aromatic N) is 1. The molecule has 0 aromatic carbocycles. The summed E-state index contributed by atoms with van der Waals surface area (Å²) in [6.07, 6.45) is 2.02. The van der Waals surface area contributed by atoms with Crippen LogP contribution >= 0.6 is 11.3 Å². The van der Waals surface area contributed by atoms with E-state index < -0.39 is 5.97 Å². The van der Waals surface area contributed by atoms with Crippen LogP contribution in [0.15, 0.2) is 6.20 Å². The van der Waals surface area contributed by atoms with Gasteiger partial charge in [0, 0.05) is 29.6 Å². The van der Waals surface area contributed by atoms with Gasteiger partial charge in [-0.3, -0.25) is 4.79 Å². The molecule has 16 heavy (non-hydrogen) atoms. The van der Waals surface area contributed by atoms with Gasteiger partial charge in [-0.1, -0.05) is 20.8 Å². The second-order valence-electron chi connectivity index (χ2n) is 4.70. The Kier molecular flexibility index (Phi) is 4.44. The Balaban J connectivity index is 2.38. The molecule has 0 aliphatic rings. The van der Waals surface area contributed by atoms with Crippen molar-refractivity contribution in [3.63, 3.8) is 0 Å². The van der Waals surface area contributed by atoms with E-state index in [-0.39, 0.29) is 11.8 Å². The van der Waals surface area contributed by atoms with Gasteiger partial charge >= 0.3 is 5.97 Å². The molecule has 2 N–H and O–H groups in total. The van der Waals surface area contributed by atoms with E-state index in [9.17, 15) is 4.79 Å². The van der Waals surface area contributed by atoms with Crippen molar-refractivity contribution in [2.75, 3.05) is 6.54 Å². The summed E-state index contributed by atoms with van der Waals surface area (Å²) in [4.78, 5) is 15.8. The van der Waals surface area contributed by atoms with Gasteiger partial charge in [-0.2, -0.15) is 0 Å². The number of hydrogen-bond donors (Lipinski definition) is 2. The van der Waals surface area contributed by atoms with Gasteiger partial charge in [0.15, 0.2) is 0 Å². The Bertz CT molecular complexity index is 355. The van der Waals surface area contributed by atoms with Crippen LogP contribution in [0, 0.1) is 0 Å². The molecule has 1 aromatic heterocycles. The third kappa shape index (κ3) is 4.28. The molecular weight excluding hydrogens is 224 g/mol. The van der Waals surface area contributed by atoms with Crippen LogP contribution in [0.4, 0.5) is 0 Å². The van der Waals surface area contributed by atoms with Crippen molar-refractivity contribution in [1.82, 2.24) is 10.3 Å². The molecule has 4 nitrogen and oxygen atoms in total. The number of carboxylic acid groups (broad SMARTS) is 1. The van der Waals surface area contributed by atoms with E-state index in [1.807, 2.05) is 6.20 Å². The molecule has 1 rings (SSSR count). The second kappa shape index (κ2) is 5.41. The van der Waals surface area contributed by atoms with Gasteiger partial charge < -0.3 is 10.4 Å². The van der Waals surface area contributed by atoms with E-state index in [0.717, 1.165) is 9.88 Å². The van der Waals surface area contributed by atoms with Crippen LogP contribution in [0.1, 0.15) is 37.1 Å². The van der Waals surface area contributed by atoms with Gasteiger partial charge in [0.05, 0.1) is 11.4 Å². The number of aromatic nitrogens is 1. The predicted octanol–water partition coefficient (Wildman–Crippen LogP) is 2.00. The number of nitrogens with one attached hydrogen (secondary N) is 1. The summed E-state index contributed by atoms with van der Waals surface area (Å²) >= 11 is 1.68. The smallest absolute Gasteiger partial charge is 0.304 e. The van der Waals surface area contributed by atoms with Crippen molar-refractivity contribution >= 4 is 17.3 Å². The first-order valence-corrected chi connectivity index (χ1v) is 6.09. The van der Waals surface area contributed by atoms with Crippen molar-refractivity contribution in [2.45, 2.75) is 39.2 Å². The SMILES string of the molecule is CC(C)(C)c1ncc(CNCCC(=O)O)s1. The van der Waals surface area contributed by atoms with Crippen LogP contribution < -0.4 is 5.32 Å². The van der Waals surface area contributed by atoms with Crippen molar-refractivity contribution in [2.24, 2.45) is 0 Å². The minimum absolute atomic E-state index is 0.0873. The van der Waals surface area contributed by atoms with Gasteiger partial charge in [0.1, 0.15) is 0 Å². The maximum Gasteiger partial charge on any atom is 0.304 e. The molecule has 0 spiro atoms. The van der Waals surface area contributed by atoms with E-state index in [2.05, 4.69) is 31.1 Å². The Labute approximate surface area is 99.7 Å². The Morgan fingerprint density at radius 2 is 2.25 bits per heavy atom. The number of carboxylic acids is 1. The van der Waals surface area contributed by atoms with E-state index in [1.165, 1.54) is 0 Å². The third-order valence-electron chi connectivity index (χ3n) is 2.01. The zero-order valence-corrected chi connectivity index (χ0v) is 10.7. The average molecular weight is 242 g/mol. The average Bonchev–Trinajstić information content (AvgIpc) is 2.59. The number of rotatable bonds is 5. The monoisotopic (exact) mass is 242 g/mol. The van der Waals surface area contributed by atoms with Crippen molar-refractivity contribution in [3.05, 3.63) is 16.1 Å². The fraction of sp³-hybridized carbons (Fsp3) is 0.636. The molecule has 0 aliphatic carbocycles. The second-order valence-corrected chi connectivity index (χ2v) is 5.82. The lowest BCUT2D eigenvalue weighted by atomic mass is 9.98. The first kappa shape index (κ1) is 13.1. The molecule has 0 saturated heterocycles. The van der Waals surface area contributed by atoms with Gasteiger partial charge in [-0.15, -0.1) is 11.3 Å². The first-order valence-electron chi connectivity index (χ1n) is 5.27. The standard InChI is InChI=1S/C11H18N2O2S/c1-11(2,3)10-13-7-8(16-10)6-12-5-4-9(14)15/h7,12H,4-6H2,1-3H3,(H,14,15). The highest BCUT2D eigenvalue weighted by molar-refractivity contribution is 7.11. The molecule has 0 aliphatic heterocycles. The summed E-state index contributed by atoms with van der Waals surface area (Å²) < 4.78 is 0. The van der Waals surface area contributed by atoms with Crippen molar-refractivity contribution < 1.29 is 9.90 Å². The molecule has 0 fully saturated rings. The predicted molar refractivity (Wildman–Crippen MR) is 64.8 cm³/mol. The summed E-state index contributed by atoms with van der Waals surface area (Å²) in [7, 11) is 0. The van der Waals surface area contributed by atoms with E-state index in [1.54, 1.807) is 11.3 Å². The fourth-order valence-electron chi connectivity index (χ4n) is 1.14. The van der Waals surface area contributed by atoms with E-state index >= 15 is 0 Å². The molecule has 90 valence electrons. The largest absolute Gasteiger partial charge is 0.481 e.